The van der Waals surface area contributed by atoms with Crippen LogP contribution in [-0.4, -0.2) is 7.05 Å². The van der Waals surface area contributed by atoms with E-state index >= 15 is 0 Å². The lowest BCUT2D eigenvalue weighted by Gasteiger charge is -2.29. The Morgan fingerprint density at radius 2 is 2.12 bits per heavy atom. The molecule has 0 amide bonds. The predicted molar refractivity (Wildman–Crippen MR) is 74.5 cm³/mol. The van der Waals surface area contributed by atoms with Crippen LogP contribution in [0.4, 0.5) is 0 Å². The number of hydrogen-bond acceptors (Lipinski definition) is 1. The number of benzene rings is 1. The van der Waals surface area contributed by atoms with Gasteiger partial charge in [-0.1, -0.05) is 39.0 Å². The van der Waals surface area contributed by atoms with Crippen LogP contribution in [0.1, 0.15) is 62.8 Å². The van der Waals surface area contributed by atoms with E-state index in [-0.39, 0.29) is 0 Å². The van der Waals surface area contributed by atoms with Crippen molar-refractivity contribution in [2.45, 2.75) is 57.9 Å². The van der Waals surface area contributed by atoms with Gasteiger partial charge in [-0.25, -0.2) is 0 Å². The summed E-state index contributed by atoms with van der Waals surface area (Å²) in [6, 6.07) is 7.69. The van der Waals surface area contributed by atoms with Gasteiger partial charge in [-0.15, -0.1) is 0 Å². The summed E-state index contributed by atoms with van der Waals surface area (Å²) in [4.78, 5) is 0. The van der Waals surface area contributed by atoms with Gasteiger partial charge in [0.05, 0.1) is 0 Å². The fourth-order valence-electron chi connectivity index (χ4n) is 2.72. The van der Waals surface area contributed by atoms with E-state index < -0.39 is 0 Å². The minimum Gasteiger partial charge on any atom is -0.313 e. The van der Waals surface area contributed by atoms with E-state index in [4.69, 9.17) is 0 Å². The third kappa shape index (κ3) is 2.40. The molecule has 0 aromatic heterocycles. The number of nitrogens with one attached hydrogen (secondary N) is 1. The summed E-state index contributed by atoms with van der Waals surface area (Å²) in [5.74, 6) is 0. The molecule has 1 aliphatic rings. The van der Waals surface area contributed by atoms with Crippen LogP contribution in [0.2, 0.25) is 0 Å². The molecule has 1 N–H and O–H groups in total. The van der Waals surface area contributed by atoms with Crippen molar-refractivity contribution in [3.63, 3.8) is 0 Å². The smallest absolute Gasteiger partial charge is 0.0320 e. The lowest BCUT2D eigenvalue weighted by molar-refractivity contribution is 0.483. The molecule has 0 spiro atoms. The number of hydrogen-bond donors (Lipinski definition) is 1. The van der Waals surface area contributed by atoms with Gasteiger partial charge in [-0.05, 0) is 54.8 Å². The van der Waals surface area contributed by atoms with Crippen LogP contribution in [0, 0.1) is 0 Å². The zero-order valence-electron chi connectivity index (χ0n) is 11.6. The maximum atomic E-state index is 3.46. The van der Waals surface area contributed by atoms with Crippen LogP contribution in [0.3, 0.4) is 0 Å². The van der Waals surface area contributed by atoms with Gasteiger partial charge in [0.25, 0.3) is 0 Å². The van der Waals surface area contributed by atoms with E-state index in [9.17, 15) is 0 Å². The topological polar surface area (TPSA) is 12.0 Å². The molecule has 0 aliphatic heterocycles. The molecule has 0 heterocycles. The van der Waals surface area contributed by atoms with Crippen molar-refractivity contribution in [3.05, 3.63) is 34.9 Å². The van der Waals surface area contributed by atoms with E-state index in [0.717, 1.165) is 0 Å². The zero-order valence-corrected chi connectivity index (χ0v) is 11.6. The molecule has 1 heteroatoms. The summed E-state index contributed by atoms with van der Waals surface area (Å²) in [6.45, 7) is 6.95. The first-order valence-electron chi connectivity index (χ1n) is 6.89. The van der Waals surface area contributed by atoms with Crippen molar-refractivity contribution >= 4 is 0 Å². The molecule has 17 heavy (non-hydrogen) atoms. The molecule has 1 aromatic rings. The van der Waals surface area contributed by atoms with Crippen molar-refractivity contribution in [1.82, 2.24) is 5.32 Å². The summed E-state index contributed by atoms with van der Waals surface area (Å²) in [5, 5.41) is 3.46. The molecule has 0 radical (unpaired) electrons. The Balaban J connectivity index is 2.41. The Labute approximate surface area is 106 Å². The van der Waals surface area contributed by atoms with Gasteiger partial charge in [-0.2, -0.15) is 0 Å². The first-order chi connectivity index (χ1) is 8.08. The third-order valence-electron chi connectivity index (χ3n) is 4.47. The third-order valence-corrected chi connectivity index (χ3v) is 4.47. The maximum absolute atomic E-state index is 3.46. The second kappa shape index (κ2) is 4.81. The van der Waals surface area contributed by atoms with Gasteiger partial charge in [0.15, 0.2) is 0 Å². The van der Waals surface area contributed by atoms with Gasteiger partial charge in [-0.3, -0.25) is 0 Å². The molecular weight excluding hydrogens is 206 g/mol. The van der Waals surface area contributed by atoms with E-state index in [2.05, 4.69) is 51.3 Å². The molecular formula is C16H25N. The first kappa shape index (κ1) is 12.6. The highest BCUT2D eigenvalue weighted by Gasteiger charge is 2.23. The maximum Gasteiger partial charge on any atom is 0.0320 e. The van der Waals surface area contributed by atoms with Crippen molar-refractivity contribution < 1.29 is 0 Å². The second-order valence-corrected chi connectivity index (χ2v) is 5.88. The highest BCUT2D eigenvalue weighted by Crippen LogP contribution is 2.34. The van der Waals surface area contributed by atoms with E-state index in [1.165, 1.54) is 36.8 Å². The fraction of sp³-hybridized carbons (Fsp3) is 0.625. The van der Waals surface area contributed by atoms with E-state index in [0.29, 0.717) is 11.5 Å². The van der Waals surface area contributed by atoms with Crippen LogP contribution >= 0.6 is 0 Å². The molecule has 0 saturated carbocycles. The Kier molecular flexibility index (Phi) is 3.58. The lowest BCUT2D eigenvalue weighted by Crippen LogP contribution is -2.23. The van der Waals surface area contributed by atoms with Crippen molar-refractivity contribution in [1.29, 1.82) is 0 Å². The second-order valence-electron chi connectivity index (χ2n) is 5.88. The molecule has 2 rings (SSSR count). The summed E-state index contributed by atoms with van der Waals surface area (Å²) < 4.78 is 0. The SMILES string of the molecule is CCC(C)(C)c1ccc2c(c1)C(NC)CCC2. The van der Waals surface area contributed by atoms with Crippen molar-refractivity contribution in [2.75, 3.05) is 7.05 Å². The Bertz CT molecular complexity index is 393. The fourth-order valence-corrected chi connectivity index (χ4v) is 2.72. The largest absolute Gasteiger partial charge is 0.313 e. The lowest BCUT2D eigenvalue weighted by atomic mass is 9.78. The Morgan fingerprint density at radius 1 is 1.35 bits per heavy atom. The van der Waals surface area contributed by atoms with Gasteiger partial charge in [0.2, 0.25) is 0 Å². The first-order valence-corrected chi connectivity index (χ1v) is 6.89. The van der Waals surface area contributed by atoms with Gasteiger partial charge in [0, 0.05) is 6.04 Å². The van der Waals surface area contributed by atoms with E-state index in [1.54, 1.807) is 5.56 Å². The molecule has 1 aromatic carbocycles. The Morgan fingerprint density at radius 3 is 2.76 bits per heavy atom. The molecule has 0 bridgehead atoms. The monoisotopic (exact) mass is 231 g/mol. The summed E-state index contributed by atoms with van der Waals surface area (Å²) in [6.07, 6.45) is 5.03. The molecule has 1 atom stereocenters. The van der Waals surface area contributed by atoms with Crippen LogP contribution in [0.5, 0.6) is 0 Å². The quantitative estimate of drug-likeness (QED) is 0.830. The van der Waals surface area contributed by atoms with Crippen LogP contribution < -0.4 is 5.32 Å². The molecule has 0 fully saturated rings. The number of rotatable bonds is 3. The van der Waals surface area contributed by atoms with Gasteiger partial charge >= 0.3 is 0 Å². The average Bonchev–Trinajstić information content (AvgIpc) is 2.37. The average molecular weight is 231 g/mol. The standard InChI is InChI=1S/C16H25N/c1-5-16(2,3)13-10-9-12-7-6-8-15(17-4)14(12)11-13/h9-11,15,17H,5-8H2,1-4H3. The highest BCUT2D eigenvalue weighted by atomic mass is 14.9. The van der Waals surface area contributed by atoms with Crippen LogP contribution in [0.15, 0.2) is 18.2 Å². The van der Waals surface area contributed by atoms with Gasteiger partial charge < -0.3 is 5.32 Å². The molecule has 1 nitrogen and oxygen atoms in total. The van der Waals surface area contributed by atoms with Crippen molar-refractivity contribution in [3.8, 4) is 0 Å². The molecule has 1 aliphatic carbocycles. The molecule has 94 valence electrons. The summed E-state index contributed by atoms with van der Waals surface area (Å²) >= 11 is 0. The zero-order chi connectivity index (χ0) is 12.5. The van der Waals surface area contributed by atoms with E-state index in [1.807, 2.05) is 0 Å². The summed E-state index contributed by atoms with van der Waals surface area (Å²) in [5.41, 5.74) is 4.87. The molecule has 1 unspecified atom stereocenters. The Hall–Kier alpha value is -0.820. The normalized spacial score (nSPS) is 20.1. The molecule has 0 saturated heterocycles. The minimum absolute atomic E-state index is 0.296. The number of fused-ring (bicyclic) bond motifs is 1. The summed E-state index contributed by atoms with van der Waals surface area (Å²) in [7, 11) is 2.08. The predicted octanol–water partition coefficient (Wildman–Crippen LogP) is 3.97. The van der Waals surface area contributed by atoms with Crippen LogP contribution in [-0.2, 0) is 11.8 Å². The minimum atomic E-state index is 0.296. The number of aryl methyl sites for hydroxylation is 1. The van der Waals surface area contributed by atoms with Gasteiger partial charge in [0.1, 0.15) is 0 Å². The van der Waals surface area contributed by atoms with Crippen LogP contribution in [0.25, 0.3) is 0 Å². The highest BCUT2D eigenvalue weighted by molar-refractivity contribution is 5.38. The van der Waals surface area contributed by atoms with Crippen molar-refractivity contribution in [2.24, 2.45) is 0 Å².